The number of nitrogens with one attached hydrogen (secondary N) is 1. The highest BCUT2D eigenvalue weighted by Gasteiger charge is 2.14. The van der Waals surface area contributed by atoms with Crippen molar-refractivity contribution in [2.45, 2.75) is 33.1 Å². The van der Waals surface area contributed by atoms with E-state index < -0.39 is 0 Å². The molecule has 0 saturated heterocycles. The van der Waals surface area contributed by atoms with Gasteiger partial charge in [0.2, 0.25) is 0 Å². The molecular formula is C20H25ClN2. The monoisotopic (exact) mass is 328 g/mol. The Hall–Kier alpha value is -1.77. The molecule has 0 unspecified atom stereocenters. The Labute approximate surface area is 144 Å². The molecule has 3 N–H and O–H groups in total. The van der Waals surface area contributed by atoms with Crippen molar-refractivity contribution in [2.24, 2.45) is 5.73 Å². The number of rotatable bonds is 5. The van der Waals surface area contributed by atoms with Gasteiger partial charge in [-0.25, -0.2) is 0 Å². The number of hydrogen-bond acceptors (Lipinski definition) is 1. The zero-order valence-electron chi connectivity index (χ0n) is 13.9. The second-order valence-corrected chi connectivity index (χ2v) is 6.09. The van der Waals surface area contributed by atoms with Gasteiger partial charge in [-0.15, -0.1) is 12.4 Å². The van der Waals surface area contributed by atoms with Gasteiger partial charge in [-0.1, -0.05) is 36.4 Å². The van der Waals surface area contributed by atoms with Crippen LogP contribution in [0, 0.1) is 13.8 Å². The Bertz CT molecular complexity index is 775. The highest BCUT2D eigenvalue weighted by atomic mass is 35.5. The maximum absolute atomic E-state index is 5.67. The molecule has 0 fully saturated rings. The summed E-state index contributed by atoms with van der Waals surface area (Å²) in [5.41, 5.74) is 13.5. The SMILES string of the molecule is Cc1cc(C)c2c(CCCCN)c(-c3ccccc3)[nH]c2c1.Cl. The van der Waals surface area contributed by atoms with E-state index >= 15 is 0 Å². The molecule has 1 heterocycles. The van der Waals surface area contributed by atoms with Crippen LogP contribution in [0.3, 0.4) is 0 Å². The van der Waals surface area contributed by atoms with Gasteiger partial charge in [0.1, 0.15) is 0 Å². The van der Waals surface area contributed by atoms with Gasteiger partial charge in [-0.2, -0.15) is 0 Å². The van der Waals surface area contributed by atoms with Crippen LogP contribution in [0.2, 0.25) is 0 Å². The van der Waals surface area contributed by atoms with E-state index in [0.717, 1.165) is 25.8 Å². The molecule has 0 atom stereocenters. The van der Waals surface area contributed by atoms with E-state index in [1.54, 1.807) is 0 Å². The van der Waals surface area contributed by atoms with E-state index in [4.69, 9.17) is 5.73 Å². The number of unbranched alkanes of at least 4 members (excludes halogenated alkanes) is 1. The molecule has 3 rings (SSSR count). The minimum absolute atomic E-state index is 0. The van der Waals surface area contributed by atoms with Gasteiger partial charge in [0.15, 0.2) is 0 Å². The van der Waals surface area contributed by atoms with Gasteiger partial charge < -0.3 is 10.7 Å². The van der Waals surface area contributed by atoms with E-state index in [1.165, 1.54) is 38.9 Å². The first-order valence-corrected chi connectivity index (χ1v) is 8.08. The van der Waals surface area contributed by atoms with Gasteiger partial charge in [0.05, 0.1) is 0 Å². The number of nitrogens with two attached hydrogens (primary N) is 1. The van der Waals surface area contributed by atoms with Crippen LogP contribution < -0.4 is 5.73 Å². The third-order valence-corrected chi connectivity index (χ3v) is 4.29. The number of aromatic amines is 1. The summed E-state index contributed by atoms with van der Waals surface area (Å²) in [6, 6.07) is 15.2. The lowest BCUT2D eigenvalue weighted by atomic mass is 9.97. The fraction of sp³-hybridized carbons (Fsp3) is 0.300. The van der Waals surface area contributed by atoms with Crippen molar-refractivity contribution in [3.05, 3.63) is 59.2 Å². The standard InChI is InChI=1S/C20H24N2.ClH/c1-14-12-15(2)19-17(10-6-7-11-21)20(22-18(19)13-14)16-8-4-3-5-9-16;/h3-5,8-9,12-13,22H,6-7,10-11,21H2,1-2H3;1H. The van der Waals surface area contributed by atoms with Crippen molar-refractivity contribution in [1.29, 1.82) is 0 Å². The average molecular weight is 329 g/mol. The van der Waals surface area contributed by atoms with Crippen LogP contribution in [0.25, 0.3) is 22.2 Å². The predicted octanol–water partition coefficient (Wildman–Crippen LogP) is 5.15. The molecule has 0 spiro atoms. The predicted molar refractivity (Wildman–Crippen MR) is 102 cm³/mol. The maximum Gasteiger partial charge on any atom is 0.0497 e. The Kier molecular flexibility index (Phi) is 5.86. The van der Waals surface area contributed by atoms with E-state index in [0.29, 0.717) is 0 Å². The molecular weight excluding hydrogens is 304 g/mol. The second kappa shape index (κ2) is 7.67. The minimum atomic E-state index is 0. The lowest BCUT2D eigenvalue weighted by Crippen LogP contribution is -1.99. The van der Waals surface area contributed by atoms with Crippen molar-refractivity contribution in [3.63, 3.8) is 0 Å². The molecule has 0 amide bonds. The molecule has 122 valence electrons. The minimum Gasteiger partial charge on any atom is -0.354 e. The van der Waals surface area contributed by atoms with Crippen molar-refractivity contribution < 1.29 is 0 Å². The van der Waals surface area contributed by atoms with Gasteiger partial charge in [-0.05, 0) is 68.0 Å². The van der Waals surface area contributed by atoms with Crippen LogP contribution in [0.15, 0.2) is 42.5 Å². The molecule has 2 nitrogen and oxygen atoms in total. The van der Waals surface area contributed by atoms with E-state index in [1.807, 2.05) is 0 Å². The first-order valence-electron chi connectivity index (χ1n) is 8.08. The summed E-state index contributed by atoms with van der Waals surface area (Å²) in [4.78, 5) is 3.66. The number of aryl methyl sites for hydroxylation is 3. The smallest absolute Gasteiger partial charge is 0.0497 e. The third-order valence-electron chi connectivity index (χ3n) is 4.29. The van der Waals surface area contributed by atoms with Gasteiger partial charge in [0, 0.05) is 16.6 Å². The molecule has 0 aliphatic heterocycles. The topological polar surface area (TPSA) is 41.8 Å². The highest BCUT2D eigenvalue weighted by Crippen LogP contribution is 2.34. The largest absolute Gasteiger partial charge is 0.354 e. The van der Waals surface area contributed by atoms with Crippen LogP contribution in [-0.2, 0) is 6.42 Å². The van der Waals surface area contributed by atoms with Crippen LogP contribution in [0.5, 0.6) is 0 Å². The Morgan fingerprint density at radius 3 is 2.43 bits per heavy atom. The number of aromatic nitrogens is 1. The number of hydrogen-bond donors (Lipinski definition) is 2. The first kappa shape index (κ1) is 17.6. The summed E-state index contributed by atoms with van der Waals surface area (Å²) in [6.45, 7) is 5.13. The summed E-state index contributed by atoms with van der Waals surface area (Å²) in [5, 5.41) is 1.39. The lowest BCUT2D eigenvalue weighted by Gasteiger charge is -2.07. The summed E-state index contributed by atoms with van der Waals surface area (Å²) in [6.07, 6.45) is 3.29. The number of H-pyrrole nitrogens is 1. The van der Waals surface area contributed by atoms with Crippen molar-refractivity contribution in [2.75, 3.05) is 6.54 Å². The van der Waals surface area contributed by atoms with E-state index in [9.17, 15) is 0 Å². The fourth-order valence-corrected chi connectivity index (χ4v) is 3.35. The molecule has 0 aliphatic rings. The second-order valence-electron chi connectivity index (χ2n) is 6.09. The maximum atomic E-state index is 5.67. The lowest BCUT2D eigenvalue weighted by molar-refractivity contribution is 0.748. The Morgan fingerprint density at radius 1 is 1.00 bits per heavy atom. The quantitative estimate of drug-likeness (QED) is 0.624. The van der Waals surface area contributed by atoms with Gasteiger partial charge in [0.25, 0.3) is 0 Å². The molecule has 0 bridgehead atoms. The number of halogens is 1. The molecule has 3 aromatic rings. The molecule has 0 radical (unpaired) electrons. The summed E-state index contributed by atoms with van der Waals surface area (Å²) < 4.78 is 0. The third kappa shape index (κ3) is 3.60. The normalized spacial score (nSPS) is 10.7. The van der Waals surface area contributed by atoms with Crippen LogP contribution in [-0.4, -0.2) is 11.5 Å². The van der Waals surface area contributed by atoms with E-state index in [-0.39, 0.29) is 12.4 Å². The molecule has 3 heteroatoms. The number of benzene rings is 2. The molecule has 0 saturated carbocycles. The fourth-order valence-electron chi connectivity index (χ4n) is 3.35. The zero-order valence-corrected chi connectivity index (χ0v) is 14.7. The van der Waals surface area contributed by atoms with E-state index in [2.05, 4.69) is 61.3 Å². The molecule has 23 heavy (non-hydrogen) atoms. The number of fused-ring (bicyclic) bond motifs is 1. The van der Waals surface area contributed by atoms with Gasteiger partial charge in [-0.3, -0.25) is 0 Å². The average Bonchev–Trinajstić information content (AvgIpc) is 2.87. The van der Waals surface area contributed by atoms with Crippen LogP contribution >= 0.6 is 12.4 Å². The van der Waals surface area contributed by atoms with Crippen LogP contribution in [0.1, 0.15) is 29.5 Å². The summed E-state index contributed by atoms with van der Waals surface area (Å²) in [7, 11) is 0. The van der Waals surface area contributed by atoms with Crippen LogP contribution in [0.4, 0.5) is 0 Å². The van der Waals surface area contributed by atoms with Crippen molar-refractivity contribution in [1.82, 2.24) is 4.98 Å². The molecule has 2 aromatic carbocycles. The summed E-state index contributed by atoms with van der Waals surface area (Å²) in [5.74, 6) is 0. The van der Waals surface area contributed by atoms with Gasteiger partial charge >= 0.3 is 0 Å². The van der Waals surface area contributed by atoms with Crippen molar-refractivity contribution >= 4 is 23.3 Å². The molecule has 1 aromatic heterocycles. The Morgan fingerprint density at radius 2 is 1.74 bits per heavy atom. The van der Waals surface area contributed by atoms with Crippen molar-refractivity contribution in [3.8, 4) is 11.3 Å². The first-order chi connectivity index (χ1) is 10.7. The summed E-state index contributed by atoms with van der Waals surface area (Å²) >= 11 is 0. The highest BCUT2D eigenvalue weighted by molar-refractivity contribution is 5.93. The molecule has 0 aliphatic carbocycles. The zero-order chi connectivity index (χ0) is 15.5. The Balaban J connectivity index is 0.00000192.